The zero-order valence-electron chi connectivity index (χ0n) is 6.67. The molecule has 1 aromatic heterocycles. The summed E-state index contributed by atoms with van der Waals surface area (Å²) in [7, 11) is 1.95. The molecule has 10 heavy (non-hydrogen) atoms. The van der Waals surface area contributed by atoms with Crippen LogP contribution in [0.4, 0.5) is 0 Å². The van der Waals surface area contributed by atoms with E-state index in [9.17, 15) is 0 Å². The first-order valence-electron chi connectivity index (χ1n) is 3.81. The molecular formula is C8H14N2. The topological polar surface area (TPSA) is 17.8 Å². The summed E-state index contributed by atoms with van der Waals surface area (Å²) in [6, 6.07) is 2.08. The lowest BCUT2D eigenvalue weighted by Gasteiger charge is -1.91. The van der Waals surface area contributed by atoms with Gasteiger partial charge in [-0.2, -0.15) is 5.10 Å². The van der Waals surface area contributed by atoms with Gasteiger partial charge in [0.25, 0.3) is 0 Å². The predicted molar refractivity (Wildman–Crippen MR) is 41.8 cm³/mol. The van der Waals surface area contributed by atoms with E-state index in [-0.39, 0.29) is 0 Å². The van der Waals surface area contributed by atoms with Gasteiger partial charge in [-0.1, -0.05) is 13.3 Å². The van der Waals surface area contributed by atoms with Crippen molar-refractivity contribution in [1.82, 2.24) is 9.78 Å². The first-order chi connectivity index (χ1) is 4.83. The molecule has 0 bridgehead atoms. The molecule has 0 N–H and O–H groups in total. The van der Waals surface area contributed by atoms with E-state index in [1.165, 1.54) is 18.5 Å². The molecule has 1 heterocycles. The normalized spacial score (nSPS) is 10.2. The van der Waals surface area contributed by atoms with Crippen LogP contribution in [0.25, 0.3) is 0 Å². The van der Waals surface area contributed by atoms with Crippen molar-refractivity contribution < 1.29 is 0 Å². The minimum atomic E-state index is 1.12. The second kappa shape index (κ2) is 3.40. The van der Waals surface area contributed by atoms with E-state index in [1.54, 1.807) is 0 Å². The number of aromatic nitrogens is 2. The number of hydrogen-bond acceptors (Lipinski definition) is 1. The van der Waals surface area contributed by atoms with Crippen molar-refractivity contribution in [3.63, 3.8) is 0 Å². The van der Waals surface area contributed by atoms with Crippen molar-refractivity contribution in [3.05, 3.63) is 18.0 Å². The lowest BCUT2D eigenvalue weighted by molar-refractivity contribution is 0.713. The summed E-state index contributed by atoms with van der Waals surface area (Å²) >= 11 is 0. The Hall–Kier alpha value is -0.790. The molecule has 0 atom stereocenters. The molecule has 56 valence electrons. The first kappa shape index (κ1) is 7.32. The van der Waals surface area contributed by atoms with Gasteiger partial charge in [0.2, 0.25) is 0 Å². The van der Waals surface area contributed by atoms with Gasteiger partial charge in [0.1, 0.15) is 0 Å². The van der Waals surface area contributed by atoms with Crippen LogP contribution in [-0.4, -0.2) is 9.78 Å². The van der Waals surface area contributed by atoms with E-state index in [1.807, 2.05) is 17.9 Å². The van der Waals surface area contributed by atoms with Crippen LogP contribution in [0.1, 0.15) is 25.5 Å². The maximum Gasteiger partial charge on any atom is 0.0624 e. The number of rotatable bonds is 3. The molecule has 1 rings (SSSR count). The van der Waals surface area contributed by atoms with Crippen LogP contribution in [0.3, 0.4) is 0 Å². The molecule has 0 aliphatic heterocycles. The summed E-state index contributed by atoms with van der Waals surface area (Å²) in [4.78, 5) is 0. The van der Waals surface area contributed by atoms with Gasteiger partial charge in [-0.3, -0.25) is 4.68 Å². The Morgan fingerprint density at radius 3 is 2.90 bits per heavy atom. The van der Waals surface area contributed by atoms with Gasteiger partial charge in [-0.25, -0.2) is 0 Å². The summed E-state index contributed by atoms with van der Waals surface area (Å²) in [5, 5.41) is 4.26. The van der Waals surface area contributed by atoms with E-state index in [4.69, 9.17) is 0 Å². The summed E-state index contributed by atoms with van der Waals surface area (Å²) in [6.45, 7) is 2.20. The molecule has 0 aromatic carbocycles. The van der Waals surface area contributed by atoms with Gasteiger partial charge in [-0.05, 0) is 18.9 Å². The molecule has 0 saturated heterocycles. The Kier molecular flexibility index (Phi) is 2.49. The van der Waals surface area contributed by atoms with E-state index >= 15 is 0 Å². The van der Waals surface area contributed by atoms with Gasteiger partial charge in [0.15, 0.2) is 0 Å². The van der Waals surface area contributed by atoms with Crippen LogP contribution >= 0.6 is 0 Å². The number of hydrogen-bond donors (Lipinski definition) is 0. The molecule has 0 aliphatic carbocycles. The van der Waals surface area contributed by atoms with E-state index in [0.29, 0.717) is 0 Å². The largest absolute Gasteiger partial charge is 0.276 e. The third-order valence-corrected chi connectivity index (χ3v) is 1.56. The summed E-state index contributed by atoms with van der Waals surface area (Å²) in [5.41, 5.74) is 1.21. The minimum absolute atomic E-state index is 1.12. The molecule has 0 aliphatic rings. The Morgan fingerprint density at radius 1 is 1.60 bits per heavy atom. The molecule has 0 fully saturated rings. The third-order valence-electron chi connectivity index (χ3n) is 1.56. The van der Waals surface area contributed by atoms with Gasteiger partial charge in [0, 0.05) is 13.2 Å². The fourth-order valence-corrected chi connectivity index (χ4v) is 0.954. The zero-order chi connectivity index (χ0) is 7.40. The number of nitrogens with zero attached hydrogens (tertiary/aromatic N) is 2. The molecule has 0 spiro atoms. The lowest BCUT2D eigenvalue weighted by atomic mass is 10.2. The Morgan fingerprint density at radius 2 is 2.40 bits per heavy atom. The van der Waals surface area contributed by atoms with Crippen LogP contribution in [-0.2, 0) is 13.5 Å². The van der Waals surface area contributed by atoms with E-state index in [2.05, 4.69) is 18.1 Å². The highest BCUT2D eigenvalue weighted by molar-refractivity contribution is 4.98. The molecule has 0 unspecified atom stereocenters. The monoisotopic (exact) mass is 138 g/mol. The fraction of sp³-hybridized carbons (Fsp3) is 0.625. The highest BCUT2D eigenvalue weighted by atomic mass is 15.2. The van der Waals surface area contributed by atoms with Gasteiger partial charge in [-0.15, -0.1) is 0 Å². The van der Waals surface area contributed by atoms with Crippen LogP contribution in [0.15, 0.2) is 12.3 Å². The van der Waals surface area contributed by atoms with Crippen molar-refractivity contribution in [3.8, 4) is 0 Å². The molecule has 0 radical (unpaired) electrons. The smallest absolute Gasteiger partial charge is 0.0624 e. The fourth-order valence-electron chi connectivity index (χ4n) is 0.954. The molecule has 0 amide bonds. The van der Waals surface area contributed by atoms with Crippen LogP contribution < -0.4 is 0 Å². The van der Waals surface area contributed by atoms with Crippen LogP contribution in [0.5, 0.6) is 0 Å². The van der Waals surface area contributed by atoms with Crippen LogP contribution in [0, 0.1) is 0 Å². The minimum Gasteiger partial charge on any atom is -0.276 e. The molecule has 2 heteroatoms. The maximum atomic E-state index is 4.26. The van der Waals surface area contributed by atoms with Crippen molar-refractivity contribution in [2.75, 3.05) is 0 Å². The maximum absolute atomic E-state index is 4.26. The van der Waals surface area contributed by atoms with Crippen molar-refractivity contribution in [2.24, 2.45) is 7.05 Å². The number of unbranched alkanes of at least 4 members (excludes halogenated alkanes) is 1. The summed E-state index contributed by atoms with van der Waals surface area (Å²) in [5.74, 6) is 0. The quantitative estimate of drug-likeness (QED) is 0.622. The zero-order valence-corrected chi connectivity index (χ0v) is 6.67. The Balaban J connectivity index is 2.42. The molecule has 2 nitrogen and oxygen atoms in total. The van der Waals surface area contributed by atoms with Crippen molar-refractivity contribution >= 4 is 0 Å². The average molecular weight is 138 g/mol. The second-order valence-corrected chi connectivity index (χ2v) is 2.58. The Labute approximate surface area is 61.9 Å². The number of aryl methyl sites for hydroxylation is 2. The molecule has 1 aromatic rings. The van der Waals surface area contributed by atoms with Crippen molar-refractivity contribution in [2.45, 2.75) is 26.2 Å². The highest BCUT2D eigenvalue weighted by Gasteiger charge is 1.93. The highest BCUT2D eigenvalue weighted by Crippen LogP contribution is 2.00. The van der Waals surface area contributed by atoms with Crippen LogP contribution in [0.2, 0.25) is 0 Å². The molecule has 0 saturated carbocycles. The Bertz CT molecular complexity index is 191. The van der Waals surface area contributed by atoms with Gasteiger partial charge >= 0.3 is 0 Å². The summed E-state index contributed by atoms with van der Waals surface area (Å²) in [6.07, 6.45) is 5.61. The lowest BCUT2D eigenvalue weighted by Crippen LogP contribution is -1.90. The molecular weight excluding hydrogens is 124 g/mol. The van der Waals surface area contributed by atoms with E-state index < -0.39 is 0 Å². The van der Waals surface area contributed by atoms with Gasteiger partial charge < -0.3 is 0 Å². The predicted octanol–water partition coefficient (Wildman–Crippen LogP) is 1.76. The summed E-state index contributed by atoms with van der Waals surface area (Å²) < 4.78 is 1.85. The average Bonchev–Trinajstić information content (AvgIpc) is 2.31. The first-order valence-corrected chi connectivity index (χ1v) is 3.81. The third kappa shape index (κ3) is 1.87. The standard InChI is InChI=1S/C8H14N2/c1-3-4-5-8-6-7-10(2)9-8/h6-7H,3-5H2,1-2H3. The van der Waals surface area contributed by atoms with Gasteiger partial charge in [0.05, 0.1) is 5.69 Å². The van der Waals surface area contributed by atoms with E-state index in [0.717, 1.165) is 6.42 Å². The van der Waals surface area contributed by atoms with Crippen molar-refractivity contribution in [1.29, 1.82) is 0 Å². The SMILES string of the molecule is CCCCc1ccn(C)n1. The second-order valence-electron chi connectivity index (χ2n) is 2.58.